The molecule has 1 saturated heterocycles. The molecule has 1 unspecified atom stereocenters. The Labute approximate surface area is 142 Å². The molecule has 0 bridgehead atoms. The SMILES string of the molecule is CCN(C(=O)COC(=O)c1ccc(C)cc1C)C1CCS(=O)(=O)C1. The van der Waals surface area contributed by atoms with E-state index in [1.807, 2.05) is 26.0 Å². The van der Waals surface area contributed by atoms with Crippen LogP contribution in [0.1, 0.15) is 34.8 Å². The summed E-state index contributed by atoms with van der Waals surface area (Å²) in [4.78, 5) is 25.9. The molecule has 1 aromatic rings. The van der Waals surface area contributed by atoms with Crippen molar-refractivity contribution in [3.05, 3.63) is 34.9 Å². The summed E-state index contributed by atoms with van der Waals surface area (Å²) in [5, 5.41) is 0. The molecule has 0 saturated carbocycles. The summed E-state index contributed by atoms with van der Waals surface area (Å²) in [6, 6.07) is 5.04. The van der Waals surface area contributed by atoms with E-state index >= 15 is 0 Å². The molecule has 0 aromatic heterocycles. The molecule has 1 heterocycles. The van der Waals surface area contributed by atoms with Crippen LogP contribution in [0.2, 0.25) is 0 Å². The van der Waals surface area contributed by atoms with E-state index in [9.17, 15) is 18.0 Å². The predicted octanol–water partition coefficient (Wildman–Crippen LogP) is 1.50. The summed E-state index contributed by atoms with van der Waals surface area (Å²) in [5.41, 5.74) is 2.27. The van der Waals surface area contributed by atoms with Crippen LogP contribution in [0, 0.1) is 13.8 Å². The smallest absolute Gasteiger partial charge is 0.338 e. The maximum Gasteiger partial charge on any atom is 0.338 e. The highest BCUT2D eigenvalue weighted by Gasteiger charge is 2.34. The van der Waals surface area contributed by atoms with Crippen LogP contribution >= 0.6 is 0 Å². The molecule has 7 heteroatoms. The van der Waals surface area contributed by atoms with Gasteiger partial charge in [-0.2, -0.15) is 0 Å². The highest BCUT2D eigenvalue weighted by molar-refractivity contribution is 7.91. The molecule has 1 atom stereocenters. The monoisotopic (exact) mass is 353 g/mol. The van der Waals surface area contributed by atoms with Gasteiger partial charge in [0.25, 0.3) is 5.91 Å². The lowest BCUT2D eigenvalue weighted by Crippen LogP contribution is -2.43. The molecule has 2 rings (SSSR count). The second kappa shape index (κ2) is 7.34. The van der Waals surface area contributed by atoms with E-state index in [1.165, 1.54) is 4.90 Å². The van der Waals surface area contributed by atoms with Crippen molar-refractivity contribution < 1.29 is 22.7 Å². The third-order valence-electron chi connectivity index (χ3n) is 4.24. The Balaban J connectivity index is 1.97. The quantitative estimate of drug-likeness (QED) is 0.749. The van der Waals surface area contributed by atoms with Gasteiger partial charge < -0.3 is 9.64 Å². The molecular formula is C17H23NO5S. The number of sulfone groups is 1. The maximum atomic E-state index is 12.3. The first-order valence-electron chi connectivity index (χ1n) is 7.97. The molecule has 1 aliphatic heterocycles. The molecule has 1 amide bonds. The first-order chi connectivity index (χ1) is 11.2. The van der Waals surface area contributed by atoms with Crippen molar-refractivity contribution in [3.8, 4) is 0 Å². The summed E-state index contributed by atoms with van der Waals surface area (Å²) in [7, 11) is -3.07. The van der Waals surface area contributed by atoms with Crippen LogP contribution in [0.4, 0.5) is 0 Å². The molecule has 0 aliphatic carbocycles. The van der Waals surface area contributed by atoms with Crippen LogP contribution in [-0.4, -0.2) is 55.9 Å². The standard InChI is InChI=1S/C17H23NO5S/c1-4-18(14-7-8-24(21,22)11-14)16(19)10-23-17(20)15-6-5-12(2)9-13(15)3/h5-6,9,14H,4,7-8,10-11H2,1-3H3. The van der Waals surface area contributed by atoms with Crippen molar-refractivity contribution in [3.63, 3.8) is 0 Å². The number of carbonyl (C=O) groups excluding carboxylic acids is 2. The number of hydrogen-bond acceptors (Lipinski definition) is 5. The fourth-order valence-electron chi connectivity index (χ4n) is 2.99. The summed E-state index contributed by atoms with van der Waals surface area (Å²) in [6.07, 6.45) is 0.437. The largest absolute Gasteiger partial charge is 0.452 e. The van der Waals surface area contributed by atoms with Gasteiger partial charge in [-0.3, -0.25) is 4.79 Å². The minimum atomic E-state index is -3.07. The molecule has 0 N–H and O–H groups in total. The number of aryl methyl sites for hydroxylation is 2. The molecule has 24 heavy (non-hydrogen) atoms. The normalized spacial score (nSPS) is 19.0. The van der Waals surface area contributed by atoms with Gasteiger partial charge in [0.05, 0.1) is 17.1 Å². The highest BCUT2D eigenvalue weighted by Crippen LogP contribution is 2.18. The topological polar surface area (TPSA) is 80.8 Å². The maximum absolute atomic E-state index is 12.3. The van der Waals surface area contributed by atoms with E-state index in [0.29, 0.717) is 18.5 Å². The van der Waals surface area contributed by atoms with Gasteiger partial charge in [0.1, 0.15) is 0 Å². The van der Waals surface area contributed by atoms with E-state index in [1.54, 1.807) is 13.0 Å². The Morgan fingerprint density at radius 1 is 1.29 bits per heavy atom. The van der Waals surface area contributed by atoms with Crippen molar-refractivity contribution >= 4 is 21.7 Å². The molecule has 1 aromatic carbocycles. The van der Waals surface area contributed by atoms with Crippen molar-refractivity contribution in [2.75, 3.05) is 24.7 Å². The average molecular weight is 353 g/mol. The van der Waals surface area contributed by atoms with Gasteiger partial charge in [0.2, 0.25) is 0 Å². The number of esters is 1. The molecule has 0 spiro atoms. The Morgan fingerprint density at radius 3 is 2.54 bits per heavy atom. The molecule has 0 radical (unpaired) electrons. The van der Waals surface area contributed by atoms with Gasteiger partial charge in [0, 0.05) is 12.6 Å². The number of benzene rings is 1. The fraction of sp³-hybridized carbons (Fsp3) is 0.529. The van der Waals surface area contributed by atoms with E-state index in [2.05, 4.69) is 0 Å². The van der Waals surface area contributed by atoms with Gasteiger partial charge in [-0.1, -0.05) is 17.7 Å². The molecule has 1 fully saturated rings. The van der Waals surface area contributed by atoms with Crippen LogP contribution < -0.4 is 0 Å². The Kier molecular flexibility index (Phi) is 5.64. The number of hydrogen-bond donors (Lipinski definition) is 0. The predicted molar refractivity (Wildman–Crippen MR) is 90.6 cm³/mol. The Hall–Kier alpha value is -1.89. The fourth-order valence-corrected chi connectivity index (χ4v) is 4.72. The van der Waals surface area contributed by atoms with Crippen LogP contribution in [0.3, 0.4) is 0 Å². The Bertz CT molecular complexity index is 741. The highest BCUT2D eigenvalue weighted by atomic mass is 32.2. The van der Waals surface area contributed by atoms with Gasteiger partial charge in [-0.15, -0.1) is 0 Å². The van der Waals surface area contributed by atoms with Gasteiger partial charge in [0.15, 0.2) is 16.4 Å². The number of ether oxygens (including phenoxy) is 1. The first kappa shape index (κ1) is 18.4. The van der Waals surface area contributed by atoms with Crippen LogP contribution in [0.5, 0.6) is 0 Å². The van der Waals surface area contributed by atoms with Crippen molar-refractivity contribution in [2.45, 2.75) is 33.2 Å². The minimum absolute atomic E-state index is 0.0163. The average Bonchev–Trinajstić information content (AvgIpc) is 2.85. The number of likely N-dealkylation sites (N-methyl/N-ethyl adjacent to an activating group) is 1. The first-order valence-corrected chi connectivity index (χ1v) is 9.80. The van der Waals surface area contributed by atoms with E-state index in [-0.39, 0.29) is 30.1 Å². The second-order valence-corrected chi connectivity index (χ2v) is 8.36. The second-order valence-electron chi connectivity index (χ2n) is 6.13. The van der Waals surface area contributed by atoms with Crippen LogP contribution in [0.15, 0.2) is 18.2 Å². The minimum Gasteiger partial charge on any atom is -0.452 e. The summed E-state index contributed by atoms with van der Waals surface area (Å²) < 4.78 is 28.3. The van der Waals surface area contributed by atoms with Crippen LogP contribution in [-0.2, 0) is 19.4 Å². The Morgan fingerprint density at radius 2 is 2.00 bits per heavy atom. The summed E-state index contributed by atoms with van der Waals surface area (Å²) in [5.74, 6) is -0.824. The lowest BCUT2D eigenvalue weighted by atomic mass is 10.1. The van der Waals surface area contributed by atoms with E-state index < -0.39 is 15.8 Å². The zero-order chi connectivity index (χ0) is 17.9. The molecule has 6 nitrogen and oxygen atoms in total. The third kappa shape index (κ3) is 4.35. The van der Waals surface area contributed by atoms with Crippen molar-refractivity contribution in [2.24, 2.45) is 0 Å². The number of carbonyl (C=O) groups is 2. The van der Waals surface area contributed by atoms with Crippen molar-refractivity contribution in [1.29, 1.82) is 0 Å². The summed E-state index contributed by atoms with van der Waals surface area (Å²) >= 11 is 0. The van der Waals surface area contributed by atoms with E-state index in [0.717, 1.165) is 11.1 Å². The van der Waals surface area contributed by atoms with Gasteiger partial charge in [-0.25, -0.2) is 13.2 Å². The molecule has 132 valence electrons. The van der Waals surface area contributed by atoms with Crippen molar-refractivity contribution in [1.82, 2.24) is 4.90 Å². The van der Waals surface area contributed by atoms with Gasteiger partial charge in [-0.05, 0) is 38.8 Å². The third-order valence-corrected chi connectivity index (χ3v) is 5.99. The molecule has 1 aliphatic rings. The zero-order valence-electron chi connectivity index (χ0n) is 14.2. The van der Waals surface area contributed by atoms with Crippen LogP contribution in [0.25, 0.3) is 0 Å². The number of rotatable bonds is 5. The number of amides is 1. The number of nitrogens with zero attached hydrogens (tertiary/aromatic N) is 1. The lowest BCUT2D eigenvalue weighted by molar-refractivity contribution is -0.136. The molecular weight excluding hydrogens is 330 g/mol. The van der Waals surface area contributed by atoms with E-state index in [4.69, 9.17) is 4.74 Å². The lowest BCUT2D eigenvalue weighted by Gasteiger charge is -2.26. The zero-order valence-corrected chi connectivity index (χ0v) is 15.1. The van der Waals surface area contributed by atoms with Gasteiger partial charge >= 0.3 is 5.97 Å². The summed E-state index contributed by atoms with van der Waals surface area (Å²) in [6.45, 7) is 5.54.